The summed E-state index contributed by atoms with van der Waals surface area (Å²) in [6.45, 7) is 6.03. The van der Waals surface area contributed by atoms with Gasteiger partial charge in [-0.1, -0.05) is 66.5 Å². The van der Waals surface area contributed by atoms with E-state index in [0.717, 1.165) is 17.7 Å². The van der Waals surface area contributed by atoms with E-state index in [9.17, 15) is 9.59 Å². The Morgan fingerprint density at radius 2 is 1.74 bits per heavy atom. The first-order valence-electron chi connectivity index (χ1n) is 10.5. The summed E-state index contributed by atoms with van der Waals surface area (Å²) in [7, 11) is 0. The van der Waals surface area contributed by atoms with Crippen molar-refractivity contribution in [3.8, 4) is 0 Å². The van der Waals surface area contributed by atoms with Gasteiger partial charge in [0.15, 0.2) is 0 Å². The van der Waals surface area contributed by atoms with Crippen molar-refractivity contribution in [2.24, 2.45) is 0 Å². The molecule has 2 aromatic carbocycles. The molecule has 0 saturated carbocycles. The van der Waals surface area contributed by atoms with Crippen LogP contribution in [0, 0.1) is 0 Å². The lowest BCUT2D eigenvalue weighted by atomic mass is 10.1. The number of carbonyl (C=O) groups excluding carboxylic acids is 2. The molecular formula is C24H30Cl2N2O2S. The Labute approximate surface area is 199 Å². The normalized spacial score (nSPS) is 12.8. The molecule has 0 aliphatic heterocycles. The molecule has 0 fully saturated rings. The third-order valence-electron chi connectivity index (χ3n) is 5.08. The van der Waals surface area contributed by atoms with Crippen LogP contribution in [0.1, 0.15) is 44.7 Å². The molecule has 31 heavy (non-hydrogen) atoms. The second-order valence-corrected chi connectivity index (χ2v) is 9.47. The summed E-state index contributed by atoms with van der Waals surface area (Å²) in [5.74, 6) is 1.33. The molecule has 1 N–H and O–H groups in total. The van der Waals surface area contributed by atoms with Crippen LogP contribution in [0.25, 0.3) is 0 Å². The number of thioether (sulfide) groups is 1. The molecule has 2 rings (SSSR count). The van der Waals surface area contributed by atoms with E-state index in [4.69, 9.17) is 23.2 Å². The van der Waals surface area contributed by atoms with Crippen molar-refractivity contribution in [3.05, 3.63) is 69.7 Å². The predicted octanol–water partition coefficient (Wildman–Crippen LogP) is 5.95. The lowest BCUT2D eigenvalue weighted by Crippen LogP contribution is -2.49. The zero-order valence-corrected chi connectivity index (χ0v) is 20.6. The van der Waals surface area contributed by atoms with Gasteiger partial charge in [-0.3, -0.25) is 9.59 Å². The van der Waals surface area contributed by atoms with Gasteiger partial charge in [0, 0.05) is 30.5 Å². The maximum Gasteiger partial charge on any atom is 0.242 e. The van der Waals surface area contributed by atoms with Crippen LogP contribution in [0.3, 0.4) is 0 Å². The molecule has 0 saturated heterocycles. The Hall–Kier alpha value is -1.69. The van der Waals surface area contributed by atoms with Gasteiger partial charge < -0.3 is 10.2 Å². The third kappa shape index (κ3) is 8.40. The fourth-order valence-electron chi connectivity index (χ4n) is 2.95. The number of hydrogen-bond donors (Lipinski definition) is 1. The molecule has 0 heterocycles. The summed E-state index contributed by atoms with van der Waals surface area (Å²) < 4.78 is 0. The molecule has 0 unspecified atom stereocenters. The van der Waals surface area contributed by atoms with Crippen LogP contribution in [0.5, 0.6) is 0 Å². The van der Waals surface area contributed by atoms with Gasteiger partial charge in [-0.25, -0.2) is 0 Å². The van der Waals surface area contributed by atoms with Gasteiger partial charge in [0.05, 0.1) is 10.0 Å². The zero-order valence-electron chi connectivity index (χ0n) is 18.2. The van der Waals surface area contributed by atoms with E-state index < -0.39 is 6.04 Å². The Kier molecular flexibility index (Phi) is 10.7. The largest absolute Gasteiger partial charge is 0.352 e. The number of carbonyl (C=O) groups is 2. The van der Waals surface area contributed by atoms with Crippen molar-refractivity contribution >= 4 is 46.8 Å². The zero-order chi connectivity index (χ0) is 22.8. The summed E-state index contributed by atoms with van der Waals surface area (Å²) in [4.78, 5) is 27.4. The van der Waals surface area contributed by atoms with E-state index in [0.29, 0.717) is 28.8 Å². The van der Waals surface area contributed by atoms with Gasteiger partial charge in [0.2, 0.25) is 11.8 Å². The van der Waals surface area contributed by atoms with E-state index >= 15 is 0 Å². The van der Waals surface area contributed by atoms with Crippen LogP contribution < -0.4 is 5.32 Å². The van der Waals surface area contributed by atoms with Crippen molar-refractivity contribution in [2.45, 2.75) is 58.0 Å². The van der Waals surface area contributed by atoms with Crippen molar-refractivity contribution in [1.29, 1.82) is 0 Å². The molecule has 0 spiro atoms. The van der Waals surface area contributed by atoms with Crippen molar-refractivity contribution in [3.63, 3.8) is 0 Å². The van der Waals surface area contributed by atoms with Crippen LogP contribution in [-0.4, -0.2) is 34.6 Å². The molecule has 0 aromatic heterocycles. The van der Waals surface area contributed by atoms with Gasteiger partial charge >= 0.3 is 0 Å². The lowest BCUT2D eigenvalue weighted by Gasteiger charge is -2.30. The number of hydrogen-bond acceptors (Lipinski definition) is 3. The van der Waals surface area contributed by atoms with Crippen molar-refractivity contribution in [2.75, 3.05) is 5.75 Å². The van der Waals surface area contributed by atoms with E-state index in [1.54, 1.807) is 35.7 Å². The Morgan fingerprint density at radius 3 is 2.39 bits per heavy atom. The van der Waals surface area contributed by atoms with Gasteiger partial charge in [-0.2, -0.15) is 11.8 Å². The first-order valence-corrected chi connectivity index (χ1v) is 12.4. The average molecular weight is 481 g/mol. The molecule has 2 amide bonds. The number of nitrogens with zero attached hydrogens (tertiary/aromatic N) is 1. The fourth-order valence-corrected chi connectivity index (χ4v) is 4.16. The smallest absolute Gasteiger partial charge is 0.242 e. The summed E-state index contributed by atoms with van der Waals surface area (Å²) in [6.07, 6.45) is 1.19. The second-order valence-electron chi connectivity index (χ2n) is 7.55. The van der Waals surface area contributed by atoms with Crippen molar-refractivity contribution < 1.29 is 9.59 Å². The highest BCUT2D eigenvalue weighted by molar-refractivity contribution is 7.98. The predicted molar refractivity (Wildman–Crippen MR) is 132 cm³/mol. The van der Waals surface area contributed by atoms with E-state index in [1.165, 1.54) is 5.56 Å². The Balaban J connectivity index is 2.04. The molecule has 7 heteroatoms. The van der Waals surface area contributed by atoms with Gasteiger partial charge in [0.1, 0.15) is 6.04 Å². The van der Waals surface area contributed by atoms with Crippen LogP contribution in [0.15, 0.2) is 48.5 Å². The van der Waals surface area contributed by atoms with Gasteiger partial charge in [-0.05, 0) is 43.5 Å². The SMILES string of the molecule is CC[C@@H](C)NC(=O)[C@@H](C)N(Cc1ccc(Cl)c(Cl)c1)C(=O)CCSCc1ccccc1. The Bertz CT molecular complexity index is 864. The van der Waals surface area contributed by atoms with E-state index in [-0.39, 0.29) is 17.9 Å². The molecule has 2 aromatic rings. The molecule has 0 aliphatic carbocycles. The molecular weight excluding hydrogens is 451 g/mol. The average Bonchev–Trinajstić information content (AvgIpc) is 2.77. The number of amides is 2. The van der Waals surface area contributed by atoms with Gasteiger partial charge in [-0.15, -0.1) is 0 Å². The van der Waals surface area contributed by atoms with Crippen LogP contribution in [-0.2, 0) is 21.9 Å². The molecule has 4 nitrogen and oxygen atoms in total. The molecule has 2 atom stereocenters. The quantitative estimate of drug-likeness (QED) is 0.404. The molecule has 168 valence electrons. The summed E-state index contributed by atoms with van der Waals surface area (Å²) >= 11 is 13.9. The topological polar surface area (TPSA) is 49.4 Å². The summed E-state index contributed by atoms with van der Waals surface area (Å²) in [5, 5.41) is 3.87. The fraction of sp³-hybridized carbons (Fsp3) is 0.417. The highest BCUT2D eigenvalue weighted by atomic mass is 35.5. The minimum atomic E-state index is -0.588. The summed E-state index contributed by atoms with van der Waals surface area (Å²) in [5.41, 5.74) is 2.07. The van der Waals surface area contributed by atoms with E-state index in [2.05, 4.69) is 17.4 Å². The van der Waals surface area contributed by atoms with Crippen LogP contribution in [0.2, 0.25) is 10.0 Å². The first-order chi connectivity index (χ1) is 14.8. The number of halogens is 2. The van der Waals surface area contributed by atoms with Crippen LogP contribution >= 0.6 is 35.0 Å². The second kappa shape index (κ2) is 13.0. The first kappa shape index (κ1) is 25.6. The minimum Gasteiger partial charge on any atom is -0.352 e. The van der Waals surface area contributed by atoms with Crippen molar-refractivity contribution in [1.82, 2.24) is 10.2 Å². The Morgan fingerprint density at radius 1 is 1.03 bits per heavy atom. The molecule has 0 bridgehead atoms. The number of nitrogens with one attached hydrogen (secondary N) is 1. The van der Waals surface area contributed by atoms with Gasteiger partial charge in [0.25, 0.3) is 0 Å². The standard InChI is InChI=1S/C24H30Cl2N2O2S/c1-4-17(2)27-24(30)18(3)28(15-20-10-11-21(25)22(26)14-20)23(29)12-13-31-16-19-8-6-5-7-9-19/h5-11,14,17-18H,4,12-13,15-16H2,1-3H3,(H,27,30)/t17-,18-/m1/s1. The summed E-state index contributed by atoms with van der Waals surface area (Å²) in [6, 6.07) is 14.9. The maximum atomic E-state index is 13.1. The lowest BCUT2D eigenvalue weighted by molar-refractivity contribution is -0.140. The maximum absolute atomic E-state index is 13.1. The van der Waals surface area contributed by atoms with E-state index in [1.807, 2.05) is 38.1 Å². The number of rotatable bonds is 11. The number of benzene rings is 2. The molecule has 0 aliphatic rings. The highest BCUT2D eigenvalue weighted by Crippen LogP contribution is 2.24. The monoisotopic (exact) mass is 480 g/mol. The third-order valence-corrected chi connectivity index (χ3v) is 6.85. The highest BCUT2D eigenvalue weighted by Gasteiger charge is 2.26. The molecule has 0 radical (unpaired) electrons. The van der Waals surface area contributed by atoms with Crippen LogP contribution in [0.4, 0.5) is 0 Å². The minimum absolute atomic E-state index is 0.0540.